The molecule has 1 fully saturated rings. The molecule has 21 heavy (non-hydrogen) atoms. The van der Waals surface area contributed by atoms with E-state index in [0.29, 0.717) is 18.2 Å². The summed E-state index contributed by atoms with van der Waals surface area (Å²) in [5, 5.41) is 14.6. The van der Waals surface area contributed by atoms with Crippen LogP contribution in [-0.2, 0) is 0 Å². The fourth-order valence-electron chi connectivity index (χ4n) is 2.95. The highest BCUT2D eigenvalue weighted by molar-refractivity contribution is 5.20. The lowest BCUT2D eigenvalue weighted by Crippen LogP contribution is -2.49. The largest absolute Gasteiger partial charge is 0.387 e. The molecule has 1 aliphatic heterocycles. The predicted octanol–water partition coefficient (Wildman–Crippen LogP) is 2.23. The first-order chi connectivity index (χ1) is 10.0. The van der Waals surface area contributed by atoms with Gasteiger partial charge in [0.15, 0.2) is 0 Å². The van der Waals surface area contributed by atoms with Crippen molar-refractivity contribution in [2.24, 2.45) is 0 Å². The molecule has 4 nitrogen and oxygen atoms in total. The third-order valence-corrected chi connectivity index (χ3v) is 4.02. The minimum atomic E-state index is -0.785. The van der Waals surface area contributed by atoms with Crippen LogP contribution in [0.4, 0.5) is 4.39 Å². The monoisotopic (exact) mass is 289 g/mol. The van der Waals surface area contributed by atoms with Gasteiger partial charge >= 0.3 is 0 Å². The number of halogens is 1. The fourth-order valence-corrected chi connectivity index (χ4v) is 2.95. The van der Waals surface area contributed by atoms with Crippen LogP contribution in [0.3, 0.4) is 0 Å². The van der Waals surface area contributed by atoms with Gasteiger partial charge in [0.05, 0.1) is 17.8 Å². The molecule has 0 aliphatic carbocycles. The van der Waals surface area contributed by atoms with Gasteiger partial charge in [0, 0.05) is 30.9 Å². The van der Waals surface area contributed by atoms with Crippen molar-refractivity contribution < 1.29 is 9.50 Å². The number of aromatic nitrogens is 2. The molecule has 1 saturated heterocycles. The standard InChI is InChI=1S/C16H20FN3O/c1-11-7-12(2)20(18-11)13-8-19(9-13)10-16(21)14-5-3-4-6-15(14)17/h3-7,13,16,21H,8-10H2,1-2H3/t16-/m0/s1. The highest BCUT2D eigenvalue weighted by Crippen LogP contribution is 2.26. The molecule has 0 radical (unpaired) electrons. The van der Waals surface area contributed by atoms with Gasteiger partial charge in [-0.2, -0.15) is 5.10 Å². The summed E-state index contributed by atoms with van der Waals surface area (Å²) in [5.74, 6) is -0.347. The Kier molecular flexibility index (Phi) is 3.78. The molecule has 3 rings (SSSR count). The summed E-state index contributed by atoms with van der Waals surface area (Å²) in [4.78, 5) is 2.12. The SMILES string of the molecule is Cc1cc(C)n(C2CN(C[C@H](O)c3ccccc3F)C2)n1. The zero-order valence-corrected chi connectivity index (χ0v) is 12.3. The van der Waals surface area contributed by atoms with Crippen molar-refractivity contribution >= 4 is 0 Å². The lowest BCUT2D eigenvalue weighted by molar-refractivity contribution is 0.0380. The number of hydrogen-bond donors (Lipinski definition) is 1. The number of nitrogens with zero attached hydrogens (tertiary/aromatic N) is 3. The van der Waals surface area contributed by atoms with E-state index in [1.54, 1.807) is 18.2 Å². The van der Waals surface area contributed by atoms with Crippen LogP contribution in [0.15, 0.2) is 30.3 Å². The molecule has 0 bridgehead atoms. The summed E-state index contributed by atoms with van der Waals surface area (Å²) in [5.41, 5.74) is 2.55. The van der Waals surface area contributed by atoms with E-state index < -0.39 is 6.10 Å². The highest BCUT2D eigenvalue weighted by atomic mass is 19.1. The molecule has 0 saturated carbocycles. The second-order valence-electron chi connectivity index (χ2n) is 5.78. The van der Waals surface area contributed by atoms with E-state index in [4.69, 9.17) is 0 Å². The molecule has 1 aromatic carbocycles. The summed E-state index contributed by atoms with van der Waals surface area (Å²) < 4.78 is 15.7. The number of benzene rings is 1. The molecular formula is C16H20FN3O. The van der Waals surface area contributed by atoms with Crippen molar-refractivity contribution in [1.82, 2.24) is 14.7 Å². The molecule has 1 N–H and O–H groups in total. The van der Waals surface area contributed by atoms with E-state index >= 15 is 0 Å². The van der Waals surface area contributed by atoms with Crippen LogP contribution in [0, 0.1) is 19.7 Å². The van der Waals surface area contributed by atoms with E-state index in [2.05, 4.69) is 23.0 Å². The Balaban J connectivity index is 1.58. The first-order valence-electron chi connectivity index (χ1n) is 7.22. The molecule has 2 heterocycles. The van der Waals surface area contributed by atoms with Gasteiger partial charge in [-0.1, -0.05) is 18.2 Å². The lowest BCUT2D eigenvalue weighted by atomic mass is 10.0. The Morgan fingerprint density at radius 1 is 1.33 bits per heavy atom. The fraction of sp³-hybridized carbons (Fsp3) is 0.438. The molecule has 0 amide bonds. The highest BCUT2D eigenvalue weighted by Gasteiger charge is 2.31. The van der Waals surface area contributed by atoms with Crippen molar-refractivity contribution in [3.63, 3.8) is 0 Å². The van der Waals surface area contributed by atoms with E-state index in [-0.39, 0.29) is 5.82 Å². The van der Waals surface area contributed by atoms with Crippen molar-refractivity contribution in [3.05, 3.63) is 53.1 Å². The topological polar surface area (TPSA) is 41.3 Å². The Morgan fingerprint density at radius 3 is 2.67 bits per heavy atom. The number of aryl methyl sites for hydroxylation is 2. The van der Waals surface area contributed by atoms with Crippen LogP contribution in [-0.4, -0.2) is 39.4 Å². The molecule has 2 aromatic rings. The zero-order chi connectivity index (χ0) is 15.0. The normalized spacial score (nSPS) is 17.7. The van der Waals surface area contributed by atoms with Crippen LogP contribution in [0.1, 0.15) is 29.1 Å². The van der Waals surface area contributed by atoms with Crippen LogP contribution in [0.2, 0.25) is 0 Å². The van der Waals surface area contributed by atoms with E-state index in [9.17, 15) is 9.50 Å². The van der Waals surface area contributed by atoms with Gasteiger partial charge in [0.2, 0.25) is 0 Å². The van der Waals surface area contributed by atoms with E-state index in [0.717, 1.165) is 24.5 Å². The molecule has 1 aliphatic rings. The minimum Gasteiger partial charge on any atom is -0.387 e. The van der Waals surface area contributed by atoms with Gasteiger partial charge in [-0.15, -0.1) is 0 Å². The first-order valence-corrected chi connectivity index (χ1v) is 7.22. The van der Waals surface area contributed by atoms with Gasteiger partial charge in [0.25, 0.3) is 0 Å². The van der Waals surface area contributed by atoms with Crippen LogP contribution in [0.5, 0.6) is 0 Å². The van der Waals surface area contributed by atoms with Gasteiger partial charge in [-0.3, -0.25) is 9.58 Å². The maximum absolute atomic E-state index is 13.6. The van der Waals surface area contributed by atoms with Crippen LogP contribution in [0.25, 0.3) is 0 Å². The van der Waals surface area contributed by atoms with Crippen molar-refractivity contribution in [1.29, 1.82) is 0 Å². The number of aliphatic hydroxyl groups excluding tert-OH is 1. The lowest BCUT2D eigenvalue weighted by Gasteiger charge is -2.40. The van der Waals surface area contributed by atoms with E-state index in [1.165, 1.54) is 6.07 Å². The maximum Gasteiger partial charge on any atom is 0.129 e. The summed E-state index contributed by atoms with van der Waals surface area (Å²) in [6.07, 6.45) is -0.785. The maximum atomic E-state index is 13.6. The Bertz CT molecular complexity index is 634. The first kappa shape index (κ1) is 14.2. The molecule has 0 spiro atoms. The smallest absolute Gasteiger partial charge is 0.129 e. The number of rotatable bonds is 4. The second-order valence-corrected chi connectivity index (χ2v) is 5.78. The molecule has 1 aromatic heterocycles. The molecular weight excluding hydrogens is 269 g/mol. The average molecular weight is 289 g/mol. The summed E-state index contributed by atoms with van der Waals surface area (Å²) >= 11 is 0. The molecule has 112 valence electrons. The second kappa shape index (κ2) is 5.58. The van der Waals surface area contributed by atoms with Crippen molar-refractivity contribution in [2.75, 3.05) is 19.6 Å². The Labute approximate surface area is 123 Å². The van der Waals surface area contributed by atoms with Crippen LogP contribution >= 0.6 is 0 Å². The average Bonchev–Trinajstić information content (AvgIpc) is 2.72. The van der Waals surface area contributed by atoms with Crippen LogP contribution < -0.4 is 0 Å². The zero-order valence-electron chi connectivity index (χ0n) is 12.3. The summed E-state index contributed by atoms with van der Waals surface area (Å²) in [6, 6.07) is 8.82. The molecule has 1 atom stereocenters. The summed E-state index contributed by atoms with van der Waals surface area (Å²) in [6.45, 7) is 6.18. The number of likely N-dealkylation sites (tertiary alicyclic amines) is 1. The minimum absolute atomic E-state index is 0.347. The van der Waals surface area contributed by atoms with Crippen molar-refractivity contribution in [2.45, 2.75) is 26.0 Å². The predicted molar refractivity (Wildman–Crippen MR) is 78.5 cm³/mol. The number of hydrogen-bond acceptors (Lipinski definition) is 3. The Morgan fingerprint density at radius 2 is 2.05 bits per heavy atom. The van der Waals surface area contributed by atoms with Gasteiger partial charge in [-0.25, -0.2) is 4.39 Å². The van der Waals surface area contributed by atoms with Gasteiger partial charge in [-0.05, 0) is 26.0 Å². The quantitative estimate of drug-likeness (QED) is 0.938. The molecule has 5 heteroatoms. The van der Waals surface area contributed by atoms with Gasteiger partial charge < -0.3 is 5.11 Å². The third-order valence-electron chi connectivity index (χ3n) is 4.02. The third kappa shape index (κ3) is 2.84. The Hall–Kier alpha value is -1.72. The number of β-amino-alcohol motifs (C(OH)–C–C–N with tert-alkyl or cyclic N) is 1. The molecule has 0 unspecified atom stereocenters. The summed E-state index contributed by atoms with van der Waals surface area (Å²) in [7, 11) is 0. The van der Waals surface area contributed by atoms with E-state index in [1.807, 2.05) is 11.6 Å². The number of aliphatic hydroxyl groups is 1. The van der Waals surface area contributed by atoms with Gasteiger partial charge in [0.1, 0.15) is 5.82 Å². The van der Waals surface area contributed by atoms with Crippen molar-refractivity contribution in [3.8, 4) is 0 Å².